The third-order valence-electron chi connectivity index (χ3n) is 4.38. The van der Waals surface area contributed by atoms with Crippen molar-refractivity contribution in [2.75, 3.05) is 26.7 Å². The first-order chi connectivity index (χ1) is 12.9. The fraction of sp³-hybridized carbons (Fsp3) is 0.476. The van der Waals surface area contributed by atoms with Crippen molar-refractivity contribution < 1.29 is 14.3 Å². The first-order valence-electron chi connectivity index (χ1n) is 9.30. The second kappa shape index (κ2) is 9.46. The van der Waals surface area contributed by atoms with Gasteiger partial charge in [0.25, 0.3) is 0 Å². The summed E-state index contributed by atoms with van der Waals surface area (Å²) >= 11 is 0. The van der Waals surface area contributed by atoms with E-state index in [1.54, 1.807) is 14.0 Å². The largest absolute Gasteiger partial charge is 0.497 e. The highest BCUT2D eigenvalue weighted by molar-refractivity contribution is 5.79. The summed E-state index contributed by atoms with van der Waals surface area (Å²) in [6, 6.07) is 9.90. The predicted octanol–water partition coefficient (Wildman–Crippen LogP) is 2.91. The van der Waals surface area contributed by atoms with Gasteiger partial charge in [0.05, 0.1) is 13.7 Å². The molecule has 6 nitrogen and oxygen atoms in total. The number of aliphatic hydroxyl groups is 1. The minimum absolute atomic E-state index is 0.241. The van der Waals surface area contributed by atoms with Crippen molar-refractivity contribution in [3.63, 3.8) is 0 Å². The van der Waals surface area contributed by atoms with Crippen LogP contribution in [0, 0.1) is 13.8 Å². The summed E-state index contributed by atoms with van der Waals surface area (Å²) in [4.78, 5) is 4.55. The average Bonchev–Trinajstić information content (AvgIpc) is 2.99. The van der Waals surface area contributed by atoms with Crippen molar-refractivity contribution in [2.45, 2.75) is 39.7 Å². The maximum absolute atomic E-state index is 10.8. The van der Waals surface area contributed by atoms with Crippen LogP contribution in [0.2, 0.25) is 0 Å². The molecule has 0 saturated carbocycles. The quantitative estimate of drug-likeness (QED) is 0.490. The van der Waals surface area contributed by atoms with E-state index in [4.69, 9.17) is 9.15 Å². The van der Waals surface area contributed by atoms with Gasteiger partial charge in [-0.05, 0) is 57.9 Å². The lowest BCUT2D eigenvalue weighted by Gasteiger charge is -2.21. The van der Waals surface area contributed by atoms with Crippen molar-refractivity contribution >= 4 is 5.96 Å². The third-order valence-corrected chi connectivity index (χ3v) is 4.38. The van der Waals surface area contributed by atoms with E-state index >= 15 is 0 Å². The number of methoxy groups -OCH3 is 1. The smallest absolute Gasteiger partial charge is 0.191 e. The van der Waals surface area contributed by atoms with Gasteiger partial charge in [-0.3, -0.25) is 0 Å². The molecule has 0 fully saturated rings. The summed E-state index contributed by atoms with van der Waals surface area (Å²) in [5.74, 6) is 3.05. The third kappa shape index (κ3) is 6.03. The highest BCUT2D eigenvalue weighted by Crippen LogP contribution is 2.27. The zero-order chi connectivity index (χ0) is 19.9. The van der Waals surface area contributed by atoms with E-state index in [1.807, 2.05) is 39.0 Å². The summed E-state index contributed by atoms with van der Waals surface area (Å²) in [5, 5.41) is 17.3. The molecule has 3 N–H and O–H groups in total. The average molecular weight is 373 g/mol. The van der Waals surface area contributed by atoms with Gasteiger partial charge < -0.3 is 24.9 Å². The number of benzene rings is 1. The molecule has 6 heteroatoms. The van der Waals surface area contributed by atoms with Gasteiger partial charge in [0.2, 0.25) is 0 Å². The number of furan rings is 1. The summed E-state index contributed by atoms with van der Waals surface area (Å²) in [5.41, 5.74) is 0.911. The zero-order valence-corrected chi connectivity index (χ0v) is 16.9. The van der Waals surface area contributed by atoms with Gasteiger partial charge in [0, 0.05) is 18.7 Å². The second-order valence-electron chi connectivity index (χ2n) is 6.82. The van der Waals surface area contributed by atoms with Crippen LogP contribution in [-0.2, 0) is 12.0 Å². The normalized spacial score (nSPS) is 13.9. The van der Waals surface area contributed by atoms with E-state index in [-0.39, 0.29) is 6.54 Å². The van der Waals surface area contributed by atoms with Gasteiger partial charge in [-0.2, -0.15) is 0 Å². The van der Waals surface area contributed by atoms with E-state index in [0.29, 0.717) is 5.96 Å². The van der Waals surface area contributed by atoms with Crippen molar-refractivity contribution in [3.8, 4) is 5.75 Å². The predicted molar refractivity (Wildman–Crippen MR) is 108 cm³/mol. The van der Waals surface area contributed by atoms with Crippen LogP contribution in [0.5, 0.6) is 5.75 Å². The van der Waals surface area contributed by atoms with Crippen LogP contribution >= 0.6 is 0 Å². The molecule has 1 aromatic heterocycles. The Balaban J connectivity index is 1.95. The molecule has 0 aliphatic rings. The summed E-state index contributed by atoms with van der Waals surface area (Å²) < 4.78 is 10.7. The van der Waals surface area contributed by atoms with Gasteiger partial charge in [-0.1, -0.05) is 12.1 Å². The lowest BCUT2D eigenvalue weighted by molar-refractivity contribution is 0.0657. The molecule has 0 saturated heterocycles. The highest BCUT2D eigenvalue weighted by Gasteiger charge is 2.27. The molecule has 2 aromatic rings. The monoisotopic (exact) mass is 373 g/mol. The summed E-state index contributed by atoms with van der Waals surface area (Å²) in [6.07, 6.45) is 0.866. The Kier molecular flexibility index (Phi) is 7.30. The highest BCUT2D eigenvalue weighted by atomic mass is 16.5. The second-order valence-corrected chi connectivity index (χ2v) is 6.82. The van der Waals surface area contributed by atoms with Gasteiger partial charge in [-0.25, -0.2) is 4.99 Å². The molecule has 0 bridgehead atoms. The van der Waals surface area contributed by atoms with Gasteiger partial charge in [0.15, 0.2) is 5.96 Å². The standard InChI is InChI=1S/C21H31N3O3/c1-6-22-20(23-12-11-17-7-9-18(26-5)10-8-17)24-14-21(4,25)19-13-15(2)27-16(19)3/h7-10,13,25H,6,11-12,14H2,1-5H3,(H2,22,23,24). The molecule has 1 aromatic carbocycles. The van der Waals surface area contributed by atoms with Gasteiger partial charge >= 0.3 is 0 Å². The fourth-order valence-corrected chi connectivity index (χ4v) is 2.94. The van der Waals surface area contributed by atoms with Crippen molar-refractivity contribution in [2.24, 2.45) is 4.99 Å². The Labute approximate surface area is 161 Å². The molecule has 148 valence electrons. The lowest BCUT2D eigenvalue weighted by Crippen LogP contribution is -2.39. The number of aliphatic imine (C=N–C) groups is 1. The Morgan fingerprint density at radius 3 is 2.48 bits per heavy atom. The minimum Gasteiger partial charge on any atom is -0.497 e. The van der Waals surface area contributed by atoms with Crippen LogP contribution in [0.25, 0.3) is 0 Å². The minimum atomic E-state index is -1.08. The summed E-state index contributed by atoms with van der Waals surface area (Å²) in [6.45, 7) is 9.24. The number of hydrogen-bond acceptors (Lipinski definition) is 4. The van der Waals surface area contributed by atoms with Crippen LogP contribution in [0.4, 0.5) is 0 Å². The lowest BCUT2D eigenvalue weighted by atomic mass is 9.96. The number of aryl methyl sites for hydroxylation is 2. The Bertz CT molecular complexity index is 749. The first kappa shape index (κ1) is 20.8. The number of nitrogens with zero attached hydrogens (tertiary/aromatic N) is 1. The number of rotatable bonds is 8. The van der Waals surface area contributed by atoms with E-state index in [0.717, 1.165) is 42.3 Å². The zero-order valence-electron chi connectivity index (χ0n) is 16.9. The SMILES string of the molecule is CCNC(=NCC(C)(O)c1cc(C)oc1C)NCCc1ccc(OC)cc1. The Morgan fingerprint density at radius 1 is 1.22 bits per heavy atom. The van der Waals surface area contributed by atoms with E-state index in [2.05, 4.69) is 27.8 Å². The van der Waals surface area contributed by atoms with Crippen molar-refractivity contribution in [3.05, 3.63) is 53.0 Å². The van der Waals surface area contributed by atoms with Gasteiger partial charge in [-0.15, -0.1) is 0 Å². The number of guanidine groups is 1. The maximum atomic E-state index is 10.8. The van der Waals surface area contributed by atoms with E-state index < -0.39 is 5.60 Å². The first-order valence-corrected chi connectivity index (χ1v) is 9.30. The molecule has 27 heavy (non-hydrogen) atoms. The van der Waals surface area contributed by atoms with Crippen LogP contribution in [0.1, 0.15) is 36.5 Å². The number of ether oxygens (including phenoxy) is 1. The van der Waals surface area contributed by atoms with E-state index in [1.165, 1.54) is 5.56 Å². The molecule has 1 unspecified atom stereocenters. The molecule has 0 radical (unpaired) electrons. The molecule has 1 atom stereocenters. The maximum Gasteiger partial charge on any atom is 0.191 e. The van der Waals surface area contributed by atoms with Crippen LogP contribution in [0.3, 0.4) is 0 Å². The Morgan fingerprint density at radius 2 is 1.93 bits per heavy atom. The molecular formula is C21H31N3O3. The van der Waals surface area contributed by atoms with Crippen molar-refractivity contribution in [1.82, 2.24) is 10.6 Å². The van der Waals surface area contributed by atoms with Crippen LogP contribution < -0.4 is 15.4 Å². The molecule has 0 aliphatic carbocycles. The number of nitrogens with one attached hydrogen (secondary N) is 2. The van der Waals surface area contributed by atoms with Gasteiger partial charge in [0.1, 0.15) is 22.9 Å². The van der Waals surface area contributed by atoms with Crippen molar-refractivity contribution in [1.29, 1.82) is 0 Å². The number of hydrogen-bond donors (Lipinski definition) is 3. The molecule has 0 aliphatic heterocycles. The Hall–Kier alpha value is -2.47. The van der Waals surface area contributed by atoms with Crippen LogP contribution in [-0.4, -0.2) is 37.8 Å². The molecule has 1 heterocycles. The molecule has 2 rings (SSSR count). The molecule has 0 spiro atoms. The van der Waals surface area contributed by atoms with Crippen LogP contribution in [0.15, 0.2) is 39.7 Å². The summed E-state index contributed by atoms with van der Waals surface area (Å²) in [7, 11) is 1.66. The topological polar surface area (TPSA) is 79.0 Å². The van der Waals surface area contributed by atoms with E-state index in [9.17, 15) is 5.11 Å². The molecule has 0 amide bonds. The fourth-order valence-electron chi connectivity index (χ4n) is 2.94. The molecular weight excluding hydrogens is 342 g/mol.